The summed E-state index contributed by atoms with van der Waals surface area (Å²) in [6.45, 7) is 1.96. The van der Waals surface area contributed by atoms with Crippen LogP contribution in [-0.2, 0) is 13.7 Å². The second-order valence-corrected chi connectivity index (χ2v) is 5.55. The summed E-state index contributed by atoms with van der Waals surface area (Å²) in [6.07, 6.45) is 3.35. The lowest BCUT2D eigenvalue weighted by Crippen LogP contribution is -2.30. The Labute approximate surface area is 149 Å². The first-order chi connectivity index (χ1) is 12.6. The molecule has 2 aromatic heterocycles. The van der Waals surface area contributed by atoms with E-state index in [0.29, 0.717) is 18.0 Å². The Morgan fingerprint density at radius 1 is 1.38 bits per heavy atom. The van der Waals surface area contributed by atoms with Gasteiger partial charge in [0, 0.05) is 7.05 Å². The Bertz CT molecular complexity index is 875. The smallest absolute Gasteiger partial charge is 0.273 e. The van der Waals surface area contributed by atoms with Crippen molar-refractivity contribution < 1.29 is 18.3 Å². The number of halogens is 1. The van der Waals surface area contributed by atoms with Gasteiger partial charge in [-0.15, -0.1) is 0 Å². The molecule has 0 aliphatic rings. The topological polar surface area (TPSA) is 95.1 Å². The third-order valence-electron chi connectivity index (χ3n) is 3.73. The number of nitrogens with one attached hydrogen (secondary N) is 1. The number of aryl methyl sites for hydroxylation is 1. The van der Waals surface area contributed by atoms with Gasteiger partial charge in [0.25, 0.3) is 5.91 Å². The van der Waals surface area contributed by atoms with Crippen molar-refractivity contribution in [2.24, 2.45) is 7.05 Å². The summed E-state index contributed by atoms with van der Waals surface area (Å²) in [6, 6.07) is 5.30. The minimum atomic E-state index is -0.378. The summed E-state index contributed by atoms with van der Waals surface area (Å²) in [5, 5.41) is 6.86. The number of carbonyl (C=O) groups excluding carboxylic acids is 1. The maximum Gasteiger partial charge on any atom is 0.273 e. The molecule has 0 unspecified atom stereocenters. The third kappa shape index (κ3) is 4.05. The predicted octanol–water partition coefficient (Wildman–Crippen LogP) is 2.40. The van der Waals surface area contributed by atoms with E-state index in [2.05, 4.69) is 20.4 Å². The van der Waals surface area contributed by atoms with E-state index >= 15 is 0 Å². The summed E-state index contributed by atoms with van der Waals surface area (Å²) >= 11 is 0. The SMILES string of the molecule is CC[C@@H](NC(=O)c1coc(COc2ccc(F)cc2)n1)c1ncnn1C. The summed E-state index contributed by atoms with van der Waals surface area (Å²) in [5.74, 6) is 0.650. The van der Waals surface area contributed by atoms with Gasteiger partial charge < -0.3 is 14.5 Å². The van der Waals surface area contributed by atoms with E-state index in [0.717, 1.165) is 0 Å². The highest BCUT2D eigenvalue weighted by molar-refractivity contribution is 5.92. The van der Waals surface area contributed by atoms with Gasteiger partial charge in [-0.1, -0.05) is 6.92 Å². The van der Waals surface area contributed by atoms with E-state index < -0.39 is 0 Å². The van der Waals surface area contributed by atoms with Crippen molar-refractivity contribution in [1.82, 2.24) is 25.1 Å². The standard InChI is InChI=1S/C17H18FN5O3/c1-3-13(16-19-10-20-23(16)2)22-17(24)14-8-26-15(21-14)9-25-12-6-4-11(18)5-7-12/h4-8,10,13H,3,9H2,1-2H3,(H,22,24)/t13-/m1/s1. The van der Waals surface area contributed by atoms with Crippen LogP contribution in [0.3, 0.4) is 0 Å². The van der Waals surface area contributed by atoms with E-state index in [-0.39, 0.29) is 36.0 Å². The van der Waals surface area contributed by atoms with Crippen LogP contribution in [0.4, 0.5) is 4.39 Å². The Kier molecular flexibility index (Phi) is 5.26. The van der Waals surface area contributed by atoms with Gasteiger partial charge in [0.1, 0.15) is 30.0 Å². The molecule has 1 N–H and O–H groups in total. The van der Waals surface area contributed by atoms with Crippen LogP contribution in [0.5, 0.6) is 5.75 Å². The monoisotopic (exact) mass is 359 g/mol. The van der Waals surface area contributed by atoms with Crippen LogP contribution in [-0.4, -0.2) is 25.7 Å². The highest BCUT2D eigenvalue weighted by atomic mass is 19.1. The number of amides is 1. The highest BCUT2D eigenvalue weighted by Crippen LogP contribution is 2.15. The van der Waals surface area contributed by atoms with Crippen LogP contribution in [0.1, 0.15) is 41.6 Å². The number of hydrogen-bond donors (Lipinski definition) is 1. The van der Waals surface area contributed by atoms with Gasteiger partial charge in [0.15, 0.2) is 12.3 Å². The molecule has 9 heteroatoms. The van der Waals surface area contributed by atoms with E-state index in [9.17, 15) is 9.18 Å². The van der Waals surface area contributed by atoms with Gasteiger partial charge in [-0.25, -0.2) is 14.4 Å². The number of aromatic nitrogens is 4. The Morgan fingerprint density at radius 2 is 2.15 bits per heavy atom. The lowest BCUT2D eigenvalue weighted by Gasteiger charge is -2.14. The first-order valence-electron chi connectivity index (χ1n) is 8.04. The molecule has 1 atom stereocenters. The number of carbonyl (C=O) groups is 1. The molecular weight excluding hydrogens is 341 g/mol. The van der Waals surface area contributed by atoms with Crippen molar-refractivity contribution in [3.05, 3.63) is 60.1 Å². The van der Waals surface area contributed by atoms with E-state index in [1.54, 1.807) is 11.7 Å². The molecule has 0 bridgehead atoms. The van der Waals surface area contributed by atoms with Crippen LogP contribution < -0.4 is 10.1 Å². The maximum absolute atomic E-state index is 12.9. The van der Waals surface area contributed by atoms with Gasteiger partial charge in [0.05, 0.1) is 6.04 Å². The molecule has 0 saturated heterocycles. The Hall–Kier alpha value is -3.23. The van der Waals surface area contributed by atoms with Crippen molar-refractivity contribution in [2.75, 3.05) is 0 Å². The lowest BCUT2D eigenvalue weighted by molar-refractivity contribution is 0.0928. The van der Waals surface area contributed by atoms with Crippen LogP contribution in [0.25, 0.3) is 0 Å². The van der Waals surface area contributed by atoms with Gasteiger partial charge in [-0.05, 0) is 30.7 Å². The molecule has 0 saturated carbocycles. The van der Waals surface area contributed by atoms with E-state index in [1.165, 1.54) is 36.9 Å². The number of rotatable bonds is 7. The van der Waals surface area contributed by atoms with Crippen molar-refractivity contribution >= 4 is 5.91 Å². The third-order valence-corrected chi connectivity index (χ3v) is 3.73. The fraction of sp³-hybridized carbons (Fsp3) is 0.294. The minimum absolute atomic E-state index is 0.0272. The number of nitrogens with zero attached hydrogens (tertiary/aromatic N) is 4. The molecule has 1 amide bonds. The average molecular weight is 359 g/mol. The first-order valence-corrected chi connectivity index (χ1v) is 8.04. The van der Waals surface area contributed by atoms with Crippen LogP contribution >= 0.6 is 0 Å². The molecule has 26 heavy (non-hydrogen) atoms. The molecule has 0 fully saturated rings. The normalized spacial score (nSPS) is 12.0. The second kappa shape index (κ2) is 7.77. The number of ether oxygens (including phenoxy) is 1. The second-order valence-electron chi connectivity index (χ2n) is 5.55. The summed E-state index contributed by atoms with van der Waals surface area (Å²) in [4.78, 5) is 20.6. The van der Waals surface area contributed by atoms with Crippen molar-refractivity contribution in [3.8, 4) is 5.75 Å². The minimum Gasteiger partial charge on any atom is -0.484 e. The summed E-state index contributed by atoms with van der Waals surface area (Å²) < 4.78 is 25.2. The van der Waals surface area contributed by atoms with Crippen molar-refractivity contribution in [1.29, 1.82) is 0 Å². The number of benzene rings is 1. The quantitative estimate of drug-likeness (QED) is 0.696. The lowest BCUT2D eigenvalue weighted by atomic mass is 10.2. The molecule has 0 aliphatic carbocycles. The molecule has 0 aliphatic heterocycles. The van der Waals surface area contributed by atoms with Gasteiger partial charge >= 0.3 is 0 Å². The molecule has 0 radical (unpaired) electrons. The first kappa shape index (κ1) is 17.6. The zero-order chi connectivity index (χ0) is 18.5. The van der Waals surface area contributed by atoms with E-state index in [1.807, 2.05) is 6.92 Å². The molecule has 2 heterocycles. The maximum atomic E-state index is 12.9. The number of hydrogen-bond acceptors (Lipinski definition) is 6. The molecule has 3 aromatic rings. The summed E-state index contributed by atoms with van der Waals surface area (Å²) in [5.41, 5.74) is 0.142. The molecule has 136 valence electrons. The fourth-order valence-corrected chi connectivity index (χ4v) is 2.36. The van der Waals surface area contributed by atoms with Crippen LogP contribution in [0.15, 0.2) is 41.3 Å². The zero-order valence-corrected chi connectivity index (χ0v) is 14.3. The van der Waals surface area contributed by atoms with Crippen molar-refractivity contribution in [2.45, 2.75) is 26.0 Å². The zero-order valence-electron chi connectivity index (χ0n) is 14.3. The Balaban J connectivity index is 1.60. The van der Waals surface area contributed by atoms with E-state index in [4.69, 9.17) is 9.15 Å². The average Bonchev–Trinajstić information content (AvgIpc) is 3.28. The summed E-state index contributed by atoms with van der Waals surface area (Å²) in [7, 11) is 1.76. The van der Waals surface area contributed by atoms with Crippen LogP contribution in [0, 0.1) is 5.82 Å². The fourth-order valence-electron chi connectivity index (χ4n) is 2.36. The van der Waals surface area contributed by atoms with Crippen LogP contribution in [0.2, 0.25) is 0 Å². The molecule has 1 aromatic carbocycles. The van der Waals surface area contributed by atoms with Gasteiger partial charge in [-0.2, -0.15) is 5.10 Å². The Morgan fingerprint density at radius 3 is 2.81 bits per heavy atom. The molecule has 3 rings (SSSR count). The largest absolute Gasteiger partial charge is 0.484 e. The van der Waals surface area contributed by atoms with Gasteiger partial charge in [-0.3, -0.25) is 9.48 Å². The van der Waals surface area contributed by atoms with Crippen molar-refractivity contribution in [3.63, 3.8) is 0 Å². The number of oxazole rings is 1. The highest BCUT2D eigenvalue weighted by Gasteiger charge is 2.20. The van der Waals surface area contributed by atoms with Gasteiger partial charge in [0.2, 0.25) is 5.89 Å². The molecule has 8 nitrogen and oxygen atoms in total. The molecular formula is C17H18FN5O3. The molecule has 0 spiro atoms. The predicted molar refractivity (Wildman–Crippen MR) is 88.7 cm³/mol.